The third-order valence-corrected chi connectivity index (χ3v) is 4.30. The maximum atomic E-state index is 11.5. The Morgan fingerprint density at radius 2 is 2.11 bits per heavy atom. The molecule has 0 bridgehead atoms. The number of ether oxygens (including phenoxy) is 1. The van der Waals surface area contributed by atoms with Crippen molar-refractivity contribution in [3.63, 3.8) is 0 Å². The summed E-state index contributed by atoms with van der Waals surface area (Å²) in [4.78, 5) is 11.5. The molecule has 1 aromatic rings. The Bertz CT molecular complexity index is 415. The number of hydrogen-bond acceptors (Lipinski definition) is 2. The van der Waals surface area contributed by atoms with Gasteiger partial charge in [0.2, 0.25) is 0 Å². The Balaban J connectivity index is 1.82. The second-order valence-corrected chi connectivity index (χ2v) is 5.42. The fraction of sp³-hybridized carbons (Fsp3) is 0.562. The van der Waals surface area contributed by atoms with Crippen molar-refractivity contribution in [2.75, 3.05) is 6.61 Å². The van der Waals surface area contributed by atoms with Crippen LogP contribution in [0.5, 0.6) is 0 Å². The van der Waals surface area contributed by atoms with Gasteiger partial charge in [0.1, 0.15) is 0 Å². The lowest BCUT2D eigenvalue weighted by Crippen LogP contribution is -2.37. The van der Waals surface area contributed by atoms with Gasteiger partial charge in [-0.2, -0.15) is 0 Å². The molecule has 3 nitrogen and oxygen atoms in total. The summed E-state index contributed by atoms with van der Waals surface area (Å²) in [5, 5.41) is 9.47. The Hall–Kier alpha value is -1.35. The number of carbonyl (C=O) groups is 1. The van der Waals surface area contributed by atoms with E-state index in [4.69, 9.17) is 4.74 Å². The minimum absolute atomic E-state index is 0.165. The van der Waals surface area contributed by atoms with E-state index in [0.29, 0.717) is 13.0 Å². The van der Waals surface area contributed by atoms with Gasteiger partial charge in [0.15, 0.2) is 0 Å². The summed E-state index contributed by atoms with van der Waals surface area (Å²) in [7, 11) is 0. The molecule has 1 aliphatic rings. The smallest absolute Gasteiger partial charge is 0.312 e. The van der Waals surface area contributed by atoms with Gasteiger partial charge >= 0.3 is 5.97 Å². The van der Waals surface area contributed by atoms with Gasteiger partial charge in [-0.3, -0.25) is 4.79 Å². The molecule has 2 unspecified atom stereocenters. The number of hydrogen-bond donors (Lipinski definition) is 1. The van der Waals surface area contributed by atoms with Crippen LogP contribution < -0.4 is 0 Å². The SMILES string of the molecule is CC1OCCC1(CCCCc1ccccc1)C(=O)O. The van der Waals surface area contributed by atoms with E-state index in [1.807, 2.05) is 25.1 Å². The lowest BCUT2D eigenvalue weighted by Gasteiger charge is -2.27. The van der Waals surface area contributed by atoms with Gasteiger partial charge in [-0.05, 0) is 38.2 Å². The second-order valence-electron chi connectivity index (χ2n) is 5.42. The van der Waals surface area contributed by atoms with Gasteiger partial charge in [0, 0.05) is 6.61 Å². The lowest BCUT2D eigenvalue weighted by molar-refractivity contribution is -0.152. The molecular weight excluding hydrogens is 240 g/mol. The maximum absolute atomic E-state index is 11.5. The van der Waals surface area contributed by atoms with Crippen molar-refractivity contribution in [1.82, 2.24) is 0 Å². The van der Waals surface area contributed by atoms with Crippen LogP contribution >= 0.6 is 0 Å². The monoisotopic (exact) mass is 262 g/mol. The van der Waals surface area contributed by atoms with Crippen molar-refractivity contribution in [3.8, 4) is 0 Å². The van der Waals surface area contributed by atoms with Gasteiger partial charge in [0.05, 0.1) is 11.5 Å². The summed E-state index contributed by atoms with van der Waals surface area (Å²) in [6.45, 7) is 2.46. The van der Waals surface area contributed by atoms with Gasteiger partial charge < -0.3 is 9.84 Å². The van der Waals surface area contributed by atoms with E-state index < -0.39 is 11.4 Å². The van der Waals surface area contributed by atoms with Gasteiger partial charge in [-0.25, -0.2) is 0 Å². The number of carboxylic acids is 1. The minimum atomic E-state index is -0.697. The van der Waals surface area contributed by atoms with Gasteiger partial charge in [0.25, 0.3) is 0 Å². The molecule has 19 heavy (non-hydrogen) atoms. The molecule has 0 saturated carbocycles. The Labute approximate surface area is 114 Å². The standard InChI is InChI=1S/C16H22O3/c1-13-16(15(17)18,11-12-19-13)10-6-5-9-14-7-3-2-4-8-14/h2-4,7-8,13H,5-6,9-12H2,1H3,(H,17,18). The van der Waals surface area contributed by atoms with Crippen LogP contribution in [0.1, 0.15) is 38.2 Å². The Morgan fingerprint density at radius 3 is 2.68 bits per heavy atom. The van der Waals surface area contributed by atoms with E-state index in [2.05, 4.69) is 12.1 Å². The van der Waals surface area contributed by atoms with E-state index in [0.717, 1.165) is 25.7 Å². The molecule has 0 radical (unpaired) electrons. The average Bonchev–Trinajstić information content (AvgIpc) is 2.78. The first-order valence-electron chi connectivity index (χ1n) is 7.04. The molecule has 0 amide bonds. The highest BCUT2D eigenvalue weighted by Crippen LogP contribution is 2.40. The van der Waals surface area contributed by atoms with Crippen molar-refractivity contribution in [1.29, 1.82) is 0 Å². The number of carboxylic acid groups (broad SMARTS) is 1. The molecule has 1 fully saturated rings. The molecule has 1 N–H and O–H groups in total. The molecule has 0 spiro atoms. The Morgan fingerprint density at radius 1 is 1.37 bits per heavy atom. The van der Waals surface area contributed by atoms with Crippen LogP contribution in [0.25, 0.3) is 0 Å². The molecule has 0 aromatic heterocycles. The molecule has 2 rings (SSSR count). The zero-order valence-electron chi connectivity index (χ0n) is 11.5. The summed E-state index contributed by atoms with van der Waals surface area (Å²) in [5.74, 6) is -0.697. The average molecular weight is 262 g/mol. The van der Waals surface area contributed by atoms with Crippen molar-refractivity contribution >= 4 is 5.97 Å². The topological polar surface area (TPSA) is 46.5 Å². The predicted octanol–water partition coefficient (Wildman–Crippen LogP) is 3.28. The molecule has 0 aliphatic carbocycles. The van der Waals surface area contributed by atoms with E-state index >= 15 is 0 Å². The van der Waals surface area contributed by atoms with Crippen LogP contribution in [-0.2, 0) is 16.0 Å². The third kappa shape index (κ3) is 3.16. The summed E-state index contributed by atoms with van der Waals surface area (Å²) < 4.78 is 5.46. The van der Waals surface area contributed by atoms with Crippen molar-refractivity contribution in [3.05, 3.63) is 35.9 Å². The quantitative estimate of drug-likeness (QED) is 0.800. The van der Waals surface area contributed by atoms with Crippen LogP contribution in [0.3, 0.4) is 0 Å². The van der Waals surface area contributed by atoms with Crippen molar-refractivity contribution in [2.24, 2.45) is 5.41 Å². The maximum Gasteiger partial charge on any atom is 0.312 e. The summed E-state index contributed by atoms with van der Waals surface area (Å²) in [6.07, 6.45) is 4.19. The molecule has 1 saturated heterocycles. The summed E-state index contributed by atoms with van der Waals surface area (Å²) in [5.41, 5.74) is 0.666. The highest BCUT2D eigenvalue weighted by molar-refractivity contribution is 5.75. The van der Waals surface area contributed by atoms with Gasteiger partial charge in [-0.1, -0.05) is 36.8 Å². The van der Waals surface area contributed by atoms with E-state index in [1.54, 1.807) is 0 Å². The van der Waals surface area contributed by atoms with Crippen molar-refractivity contribution in [2.45, 2.75) is 45.1 Å². The molecule has 2 atom stereocenters. The van der Waals surface area contributed by atoms with Crippen LogP contribution in [0.15, 0.2) is 30.3 Å². The summed E-state index contributed by atoms with van der Waals surface area (Å²) >= 11 is 0. The highest BCUT2D eigenvalue weighted by Gasteiger charge is 2.47. The molecule has 3 heteroatoms. The number of unbranched alkanes of at least 4 members (excludes halogenated alkanes) is 1. The largest absolute Gasteiger partial charge is 0.481 e. The molecule has 1 aliphatic heterocycles. The predicted molar refractivity (Wildman–Crippen MR) is 74.1 cm³/mol. The van der Waals surface area contributed by atoms with E-state index in [-0.39, 0.29) is 6.10 Å². The zero-order valence-corrected chi connectivity index (χ0v) is 11.5. The number of aliphatic carboxylic acids is 1. The number of benzene rings is 1. The minimum Gasteiger partial charge on any atom is -0.481 e. The third-order valence-electron chi connectivity index (χ3n) is 4.30. The summed E-state index contributed by atoms with van der Waals surface area (Å²) in [6, 6.07) is 10.3. The Kier molecular flexibility index (Phi) is 4.59. The fourth-order valence-electron chi connectivity index (χ4n) is 2.91. The first kappa shape index (κ1) is 14.1. The lowest BCUT2D eigenvalue weighted by atomic mass is 9.77. The molecule has 1 heterocycles. The van der Waals surface area contributed by atoms with Crippen LogP contribution in [0.4, 0.5) is 0 Å². The fourth-order valence-corrected chi connectivity index (χ4v) is 2.91. The van der Waals surface area contributed by atoms with Crippen LogP contribution in [0.2, 0.25) is 0 Å². The van der Waals surface area contributed by atoms with E-state index in [1.165, 1.54) is 5.56 Å². The second kappa shape index (κ2) is 6.20. The molecule has 104 valence electrons. The number of aryl methyl sites for hydroxylation is 1. The normalized spacial score (nSPS) is 26.5. The molecule has 1 aromatic carbocycles. The zero-order chi connectivity index (χ0) is 13.7. The van der Waals surface area contributed by atoms with Gasteiger partial charge in [-0.15, -0.1) is 0 Å². The highest BCUT2D eigenvalue weighted by atomic mass is 16.5. The first-order chi connectivity index (χ1) is 9.15. The van der Waals surface area contributed by atoms with Crippen molar-refractivity contribution < 1.29 is 14.6 Å². The number of rotatable bonds is 6. The first-order valence-corrected chi connectivity index (χ1v) is 7.04. The molecular formula is C16H22O3. The van der Waals surface area contributed by atoms with Crippen LogP contribution in [0, 0.1) is 5.41 Å². The van der Waals surface area contributed by atoms with Crippen LogP contribution in [-0.4, -0.2) is 23.8 Å². The van der Waals surface area contributed by atoms with E-state index in [9.17, 15) is 9.90 Å².